The summed E-state index contributed by atoms with van der Waals surface area (Å²) in [7, 11) is 1.53. The van der Waals surface area contributed by atoms with Gasteiger partial charge in [0.1, 0.15) is 11.9 Å². The summed E-state index contributed by atoms with van der Waals surface area (Å²) in [5.41, 5.74) is -0.427. The highest BCUT2D eigenvalue weighted by atomic mass is 16.5. The lowest BCUT2D eigenvalue weighted by Crippen LogP contribution is -2.48. The molecule has 0 aliphatic rings. The number of amides is 1. The number of rotatable bonds is 10. The van der Waals surface area contributed by atoms with Crippen molar-refractivity contribution < 1.29 is 24.2 Å². The maximum Gasteiger partial charge on any atom is 0.306 e. The number of hydrogen-bond donors (Lipinski definition) is 2. The smallest absolute Gasteiger partial charge is 0.306 e. The van der Waals surface area contributed by atoms with Crippen LogP contribution in [0.5, 0.6) is 5.75 Å². The zero-order valence-electron chi connectivity index (χ0n) is 14.4. The van der Waals surface area contributed by atoms with Crippen LogP contribution in [0.3, 0.4) is 0 Å². The minimum absolute atomic E-state index is 0.259. The molecule has 6 heteroatoms. The highest BCUT2D eigenvalue weighted by Gasteiger charge is 2.33. The number of carboxylic acid groups (broad SMARTS) is 1. The van der Waals surface area contributed by atoms with Crippen LogP contribution < -0.4 is 10.1 Å². The maximum atomic E-state index is 12.4. The summed E-state index contributed by atoms with van der Waals surface area (Å²) in [5, 5.41) is 12.0. The van der Waals surface area contributed by atoms with Gasteiger partial charge in [0.15, 0.2) is 0 Å². The molecular formula is C18H25NO5. The standard InChI is InChI=1S/C18H25NO5/c1-5-6-10-24-13(2)17(22)19-18(3,12-16(20)21)14-8-7-9-15(11-14)23-4/h5,7-9,11,13H,1,6,10,12H2,2-4H3,(H,19,22)(H,20,21). The fourth-order valence-corrected chi connectivity index (χ4v) is 2.26. The van der Waals surface area contributed by atoms with Crippen molar-refractivity contribution in [3.05, 3.63) is 42.5 Å². The molecule has 2 unspecified atom stereocenters. The third kappa shape index (κ3) is 5.70. The molecule has 0 spiro atoms. The molecule has 2 atom stereocenters. The lowest BCUT2D eigenvalue weighted by molar-refractivity contribution is -0.140. The summed E-state index contributed by atoms with van der Waals surface area (Å²) in [6.45, 7) is 7.28. The second-order valence-electron chi connectivity index (χ2n) is 5.71. The molecule has 132 valence electrons. The average molecular weight is 335 g/mol. The number of carboxylic acids is 1. The van der Waals surface area contributed by atoms with E-state index in [0.717, 1.165) is 0 Å². The fraction of sp³-hybridized carbons (Fsp3) is 0.444. The van der Waals surface area contributed by atoms with Crippen molar-refractivity contribution in [2.45, 2.75) is 38.3 Å². The van der Waals surface area contributed by atoms with Crippen LogP contribution >= 0.6 is 0 Å². The molecule has 0 aromatic heterocycles. The average Bonchev–Trinajstić information content (AvgIpc) is 2.54. The lowest BCUT2D eigenvalue weighted by Gasteiger charge is -2.31. The Labute approximate surface area is 142 Å². The Morgan fingerprint density at radius 3 is 2.75 bits per heavy atom. The molecule has 0 radical (unpaired) electrons. The molecule has 0 saturated heterocycles. The third-order valence-corrected chi connectivity index (χ3v) is 3.67. The molecule has 1 amide bonds. The normalized spacial score (nSPS) is 14.3. The molecule has 1 aromatic rings. The summed E-state index contributed by atoms with van der Waals surface area (Å²) in [5.74, 6) is -0.792. The predicted molar refractivity (Wildman–Crippen MR) is 91.0 cm³/mol. The third-order valence-electron chi connectivity index (χ3n) is 3.67. The first-order chi connectivity index (χ1) is 11.3. The Hall–Kier alpha value is -2.34. The molecule has 1 aromatic carbocycles. The Morgan fingerprint density at radius 2 is 2.17 bits per heavy atom. The topological polar surface area (TPSA) is 84.9 Å². The molecule has 0 aliphatic heterocycles. The van der Waals surface area contributed by atoms with Gasteiger partial charge in [-0.05, 0) is 38.0 Å². The SMILES string of the molecule is C=CCCOC(C)C(=O)NC(C)(CC(=O)O)c1cccc(OC)c1. The first-order valence-electron chi connectivity index (χ1n) is 7.73. The minimum atomic E-state index is -1.08. The largest absolute Gasteiger partial charge is 0.497 e. The van der Waals surface area contributed by atoms with Crippen molar-refractivity contribution in [3.8, 4) is 5.75 Å². The van der Waals surface area contributed by atoms with E-state index in [9.17, 15) is 14.7 Å². The second-order valence-corrected chi connectivity index (χ2v) is 5.71. The summed E-state index contributed by atoms with van der Waals surface area (Å²) in [6.07, 6.45) is 1.39. The number of ether oxygens (including phenoxy) is 2. The molecule has 0 fully saturated rings. The van der Waals surface area contributed by atoms with Gasteiger partial charge >= 0.3 is 5.97 Å². The predicted octanol–water partition coefficient (Wildman–Crippen LogP) is 2.48. The van der Waals surface area contributed by atoms with E-state index in [1.165, 1.54) is 7.11 Å². The lowest BCUT2D eigenvalue weighted by atomic mass is 9.88. The van der Waals surface area contributed by atoms with E-state index in [2.05, 4.69) is 11.9 Å². The second kappa shape index (κ2) is 9.08. The van der Waals surface area contributed by atoms with Gasteiger partial charge in [0.05, 0.1) is 25.7 Å². The summed E-state index contributed by atoms with van der Waals surface area (Å²) >= 11 is 0. The molecule has 0 heterocycles. The van der Waals surface area contributed by atoms with Crippen molar-refractivity contribution in [2.75, 3.05) is 13.7 Å². The zero-order chi connectivity index (χ0) is 18.2. The summed E-state index contributed by atoms with van der Waals surface area (Å²) < 4.78 is 10.6. The number of carbonyl (C=O) groups excluding carboxylic acids is 1. The van der Waals surface area contributed by atoms with Crippen LogP contribution in [0.25, 0.3) is 0 Å². The number of carbonyl (C=O) groups is 2. The van der Waals surface area contributed by atoms with Gasteiger partial charge in [-0.1, -0.05) is 18.2 Å². The number of aliphatic carboxylic acids is 1. The van der Waals surface area contributed by atoms with Crippen molar-refractivity contribution in [1.29, 1.82) is 0 Å². The molecule has 0 aliphatic carbocycles. The van der Waals surface area contributed by atoms with Crippen LogP contribution in [0, 0.1) is 0 Å². The van der Waals surface area contributed by atoms with Crippen molar-refractivity contribution >= 4 is 11.9 Å². The number of hydrogen-bond acceptors (Lipinski definition) is 4. The van der Waals surface area contributed by atoms with E-state index < -0.39 is 17.6 Å². The van der Waals surface area contributed by atoms with Crippen molar-refractivity contribution in [3.63, 3.8) is 0 Å². The number of methoxy groups -OCH3 is 1. The van der Waals surface area contributed by atoms with Crippen LogP contribution in [-0.2, 0) is 19.9 Å². The summed E-state index contributed by atoms with van der Waals surface area (Å²) in [4.78, 5) is 23.7. The maximum absolute atomic E-state index is 12.4. The van der Waals surface area contributed by atoms with E-state index in [1.54, 1.807) is 44.2 Å². The summed E-state index contributed by atoms with van der Waals surface area (Å²) in [6, 6.07) is 6.99. The monoisotopic (exact) mass is 335 g/mol. The first kappa shape index (κ1) is 19.7. The Bertz CT molecular complexity index is 587. The van der Waals surface area contributed by atoms with Gasteiger partial charge in [-0.3, -0.25) is 9.59 Å². The Balaban J connectivity index is 2.96. The van der Waals surface area contributed by atoms with Crippen LogP contribution in [0.4, 0.5) is 0 Å². The van der Waals surface area contributed by atoms with Gasteiger partial charge in [-0.15, -0.1) is 6.58 Å². The van der Waals surface area contributed by atoms with Crippen LogP contribution in [0.15, 0.2) is 36.9 Å². The van der Waals surface area contributed by atoms with Crippen LogP contribution in [0.2, 0.25) is 0 Å². The van der Waals surface area contributed by atoms with Crippen LogP contribution in [-0.4, -0.2) is 36.8 Å². The molecule has 24 heavy (non-hydrogen) atoms. The van der Waals surface area contributed by atoms with E-state index in [-0.39, 0.29) is 12.3 Å². The van der Waals surface area contributed by atoms with Gasteiger partial charge in [0.2, 0.25) is 5.91 Å². The van der Waals surface area contributed by atoms with Crippen LogP contribution in [0.1, 0.15) is 32.3 Å². The minimum Gasteiger partial charge on any atom is -0.497 e. The molecule has 0 bridgehead atoms. The Morgan fingerprint density at radius 1 is 1.46 bits per heavy atom. The Kier molecular flexibility index (Phi) is 7.45. The quantitative estimate of drug-likeness (QED) is 0.507. The molecular weight excluding hydrogens is 310 g/mol. The highest BCUT2D eigenvalue weighted by Crippen LogP contribution is 2.28. The van der Waals surface area contributed by atoms with E-state index in [4.69, 9.17) is 9.47 Å². The van der Waals surface area contributed by atoms with Gasteiger partial charge in [-0.2, -0.15) is 0 Å². The first-order valence-corrected chi connectivity index (χ1v) is 7.73. The van der Waals surface area contributed by atoms with Gasteiger partial charge < -0.3 is 19.9 Å². The van der Waals surface area contributed by atoms with E-state index in [1.807, 2.05) is 0 Å². The number of benzene rings is 1. The van der Waals surface area contributed by atoms with E-state index in [0.29, 0.717) is 24.3 Å². The molecule has 0 saturated carbocycles. The van der Waals surface area contributed by atoms with Gasteiger partial charge in [-0.25, -0.2) is 0 Å². The number of nitrogens with one attached hydrogen (secondary N) is 1. The molecule has 1 rings (SSSR count). The van der Waals surface area contributed by atoms with Crippen molar-refractivity contribution in [2.24, 2.45) is 0 Å². The van der Waals surface area contributed by atoms with Gasteiger partial charge in [0.25, 0.3) is 0 Å². The molecule has 6 nitrogen and oxygen atoms in total. The highest BCUT2D eigenvalue weighted by molar-refractivity contribution is 5.82. The molecule has 2 N–H and O–H groups in total. The fourth-order valence-electron chi connectivity index (χ4n) is 2.26. The van der Waals surface area contributed by atoms with E-state index >= 15 is 0 Å². The zero-order valence-corrected chi connectivity index (χ0v) is 14.4. The van der Waals surface area contributed by atoms with Crippen molar-refractivity contribution in [1.82, 2.24) is 5.32 Å². The van der Waals surface area contributed by atoms with Gasteiger partial charge in [0, 0.05) is 0 Å².